The molecule has 18 heavy (non-hydrogen) atoms. The number of nitrogens with one attached hydrogen (secondary N) is 1. The number of nitrogens with zero attached hydrogens (tertiary/aromatic N) is 2. The maximum absolute atomic E-state index is 6.08. The lowest BCUT2D eigenvalue weighted by atomic mass is 10.2. The summed E-state index contributed by atoms with van der Waals surface area (Å²) >= 11 is 18.1. The normalized spacial score (nSPS) is 10.5. The van der Waals surface area contributed by atoms with Crippen LogP contribution < -0.4 is 5.32 Å². The number of para-hydroxylation sites is 1. The van der Waals surface area contributed by atoms with Crippen molar-refractivity contribution < 1.29 is 0 Å². The summed E-state index contributed by atoms with van der Waals surface area (Å²) in [5.41, 5.74) is 2.39. The fourth-order valence-corrected chi connectivity index (χ4v) is 2.10. The number of anilines is 2. The predicted octanol–water partition coefficient (Wildman–Crippen LogP) is 4.80. The molecule has 0 saturated carbocycles. The van der Waals surface area contributed by atoms with Crippen LogP contribution in [0.15, 0.2) is 18.2 Å². The molecule has 0 fully saturated rings. The number of aromatic nitrogens is 2. The third kappa shape index (κ3) is 2.53. The molecule has 1 N–H and O–H groups in total. The summed E-state index contributed by atoms with van der Waals surface area (Å²) in [5, 5.41) is 12.4. The number of benzene rings is 1. The fraction of sp³-hybridized carbons (Fsp3) is 0.167. The van der Waals surface area contributed by atoms with Crippen molar-refractivity contribution in [2.24, 2.45) is 0 Å². The second kappa shape index (κ2) is 5.31. The lowest BCUT2D eigenvalue weighted by Gasteiger charge is -2.12. The Labute approximate surface area is 120 Å². The van der Waals surface area contributed by atoms with Crippen molar-refractivity contribution >= 4 is 46.3 Å². The third-order valence-electron chi connectivity index (χ3n) is 2.67. The summed E-state index contributed by atoms with van der Waals surface area (Å²) in [7, 11) is 0. The first-order valence-corrected chi connectivity index (χ1v) is 6.34. The quantitative estimate of drug-likeness (QED) is 0.866. The van der Waals surface area contributed by atoms with Gasteiger partial charge in [0.1, 0.15) is 0 Å². The van der Waals surface area contributed by atoms with Gasteiger partial charge in [0.05, 0.1) is 15.7 Å². The fourth-order valence-electron chi connectivity index (χ4n) is 1.43. The second-order valence-corrected chi connectivity index (χ2v) is 4.98. The largest absolute Gasteiger partial charge is 0.336 e. The predicted molar refractivity (Wildman–Crippen MR) is 76.3 cm³/mol. The van der Waals surface area contributed by atoms with E-state index in [-0.39, 0.29) is 0 Å². The minimum absolute atomic E-state index is 0.392. The van der Waals surface area contributed by atoms with Gasteiger partial charge < -0.3 is 5.32 Å². The molecule has 0 aliphatic heterocycles. The average Bonchev–Trinajstić information content (AvgIpc) is 2.34. The van der Waals surface area contributed by atoms with Crippen molar-refractivity contribution in [2.75, 3.05) is 5.32 Å². The zero-order valence-electron chi connectivity index (χ0n) is 9.76. The monoisotopic (exact) mass is 301 g/mol. The highest BCUT2D eigenvalue weighted by Crippen LogP contribution is 2.33. The van der Waals surface area contributed by atoms with Gasteiger partial charge in [-0.15, -0.1) is 10.2 Å². The van der Waals surface area contributed by atoms with E-state index in [4.69, 9.17) is 34.8 Å². The highest BCUT2D eigenvalue weighted by Gasteiger charge is 2.11. The molecular weight excluding hydrogens is 293 g/mol. The molecule has 0 saturated heterocycles. The summed E-state index contributed by atoms with van der Waals surface area (Å²) in [4.78, 5) is 0. The summed E-state index contributed by atoms with van der Waals surface area (Å²) in [6, 6.07) is 5.28. The topological polar surface area (TPSA) is 37.8 Å². The zero-order chi connectivity index (χ0) is 13.3. The van der Waals surface area contributed by atoms with Crippen LogP contribution in [0.25, 0.3) is 0 Å². The summed E-state index contributed by atoms with van der Waals surface area (Å²) in [6.45, 7) is 3.79. The Balaban J connectivity index is 2.44. The molecular formula is C12H10Cl3N3. The van der Waals surface area contributed by atoms with E-state index in [0.29, 0.717) is 26.7 Å². The molecule has 2 rings (SSSR count). The van der Waals surface area contributed by atoms with Gasteiger partial charge in [-0.2, -0.15) is 0 Å². The van der Waals surface area contributed by atoms with Crippen LogP contribution in [-0.4, -0.2) is 10.2 Å². The number of hydrogen-bond donors (Lipinski definition) is 1. The Bertz CT molecular complexity index is 579. The van der Waals surface area contributed by atoms with Crippen molar-refractivity contribution in [1.29, 1.82) is 0 Å². The maximum atomic E-state index is 6.08. The van der Waals surface area contributed by atoms with Crippen LogP contribution >= 0.6 is 34.8 Å². The minimum atomic E-state index is 0.392. The van der Waals surface area contributed by atoms with E-state index in [2.05, 4.69) is 15.5 Å². The van der Waals surface area contributed by atoms with Crippen LogP contribution in [0.1, 0.15) is 11.1 Å². The Morgan fingerprint density at radius 3 is 2.17 bits per heavy atom. The van der Waals surface area contributed by atoms with E-state index in [1.54, 1.807) is 18.2 Å². The molecule has 3 nitrogen and oxygen atoms in total. The first kappa shape index (κ1) is 13.4. The highest BCUT2D eigenvalue weighted by molar-refractivity contribution is 6.39. The van der Waals surface area contributed by atoms with Crippen LogP contribution in [0.2, 0.25) is 15.2 Å². The minimum Gasteiger partial charge on any atom is -0.336 e. The molecule has 0 aliphatic rings. The van der Waals surface area contributed by atoms with E-state index in [1.807, 2.05) is 13.8 Å². The molecule has 1 aromatic carbocycles. The van der Waals surface area contributed by atoms with Gasteiger partial charge in [0.25, 0.3) is 0 Å². The van der Waals surface area contributed by atoms with Crippen molar-refractivity contribution in [3.05, 3.63) is 44.5 Å². The molecule has 1 aromatic heterocycles. The molecule has 6 heteroatoms. The second-order valence-electron chi connectivity index (χ2n) is 3.81. The molecule has 94 valence electrons. The Kier molecular flexibility index (Phi) is 3.95. The Morgan fingerprint density at radius 2 is 1.56 bits per heavy atom. The molecule has 0 spiro atoms. The van der Waals surface area contributed by atoms with Gasteiger partial charge in [-0.3, -0.25) is 0 Å². The molecule has 1 heterocycles. The van der Waals surface area contributed by atoms with Gasteiger partial charge in [-0.1, -0.05) is 40.9 Å². The summed E-state index contributed by atoms with van der Waals surface area (Å²) < 4.78 is 0. The molecule has 0 aliphatic carbocycles. The van der Waals surface area contributed by atoms with Crippen LogP contribution in [0.3, 0.4) is 0 Å². The van der Waals surface area contributed by atoms with Gasteiger partial charge in [-0.05, 0) is 37.1 Å². The SMILES string of the molecule is Cc1c(Cl)nnc(Nc2c(Cl)cccc2Cl)c1C. The van der Waals surface area contributed by atoms with Gasteiger partial charge in [-0.25, -0.2) is 0 Å². The van der Waals surface area contributed by atoms with Crippen molar-refractivity contribution in [3.8, 4) is 0 Å². The smallest absolute Gasteiger partial charge is 0.156 e. The first-order valence-electron chi connectivity index (χ1n) is 5.21. The summed E-state index contributed by atoms with van der Waals surface area (Å²) in [6.07, 6.45) is 0. The first-order chi connectivity index (χ1) is 8.50. The van der Waals surface area contributed by atoms with E-state index in [0.717, 1.165) is 11.1 Å². The Morgan fingerprint density at radius 1 is 0.944 bits per heavy atom. The van der Waals surface area contributed by atoms with Crippen LogP contribution in [-0.2, 0) is 0 Å². The maximum Gasteiger partial charge on any atom is 0.156 e. The molecule has 0 atom stereocenters. The average molecular weight is 303 g/mol. The lowest BCUT2D eigenvalue weighted by Crippen LogP contribution is -2.02. The summed E-state index contributed by atoms with van der Waals surface area (Å²) in [5.74, 6) is 0.590. The van der Waals surface area contributed by atoms with Crippen LogP contribution in [0.4, 0.5) is 11.5 Å². The van der Waals surface area contributed by atoms with Gasteiger partial charge in [0.15, 0.2) is 11.0 Å². The molecule has 2 aromatic rings. The Hall–Kier alpha value is -1.03. The lowest BCUT2D eigenvalue weighted by molar-refractivity contribution is 1.00. The molecule has 0 bridgehead atoms. The van der Waals surface area contributed by atoms with Crippen LogP contribution in [0.5, 0.6) is 0 Å². The van der Waals surface area contributed by atoms with E-state index < -0.39 is 0 Å². The number of halogens is 3. The van der Waals surface area contributed by atoms with Gasteiger partial charge >= 0.3 is 0 Å². The van der Waals surface area contributed by atoms with Gasteiger partial charge in [0.2, 0.25) is 0 Å². The van der Waals surface area contributed by atoms with Crippen molar-refractivity contribution in [1.82, 2.24) is 10.2 Å². The molecule has 0 unspecified atom stereocenters. The van der Waals surface area contributed by atoms with E-state index in [1.165, 1.54) is 0 Å². The van der Waals surface area contributed by atoms with E-state index >= 15 is 0 Å². The number of hydrogen-bond acceptors (Lipinski definition) is 3. The molecule has 0 amide bonds. The molecule has 0 radical (unpaired) electrons. The van der Waals surface area contributed by atoms with Crippen molar-refractivity contribution in [2.45, 2.75) is 13.8 Å². The number of rotatable bonds is 2. The zero-order valence-corrected chi connectivity index (χ0v) is 12.0. The standard InChI is InChI=1S/C12H10Cl3N3/c1-6-7(2)12(18-17-11(6)15)16-10-8(13)4-3-5-9(10)14/h3-5H,1-2H3,(H,16,18). The third-order valence-corrected chi connectivity index (χ3v) is 3.66. The van der Waals surface area contributed by atoms with Gasteiger partial charge in [0, 0.05) is 0 Å². The van der Waals surface area contributed by atoms with E-state index in [9.17, 15) is 0 Å². The van der Waals surface area contributed by atoms with Crippen molar-refractivity contribution in [3.63, 3.8) is 0 Å². The van der Waals surface area contributed by atoms with Crippen LogP contribution in [0, 0.1) is 13.8 Å². The highest BCUT2D eigenvalue weighted by atomic mass is 35.5.